The Bertz CT molecular complexity index is 1100. The first-order chi connectivity index (χ1) is 13.5. The van der Waals surface area contributed by atoms with Gasteiger partial charge in [0.2, 0.25) is 5.91 Å². The van der Waals surface area contributed by atoms with Crippen molar-refractivity contribution in [2.75, 3.05) is 25.0 Å². The Labute approximate surface area is 162 Å². The van der Waals surface area contributed by atoms with E-state index < -0.39 is 0 Å². The molecular formula is C22H22N2O4. The van der Waals surface area contributed by atoms with Gasteiger partial charge >= 0.3 is 5.63 Å². The van der Waals surface area contributed by atoms with Crippen LogP contribution in [0, 0.1) is 13.8 Å². The fourth-order valence-corrected chi connectivity index (χ4v) is 3.51. The lowest BCUT2D eigenvalue weighted by Gasteiger charge is -2.19. The van der Waals surface area contributed by atoms with Gasteiger partial charge in [-0.1, -0.05) is 18.2 Å². The number of aryl methyl sites for hydroxylation is 2. The van der Waals surface area contributed by atoms with Crippen molar-refractivity contribution in [1.29, 1.82) is 0 Å². The number of para-hydroxylation sites is 1. The van der Waals surface area contributed by atoms with E-state index in [1.165, 1.54) is 6.07 Å². The van der Waals surface area contributed by atoms with Crippen LogP contribution in [0.25, 0.3) is 11.0 Å². The molecule has 1 aliphatic rings. The smallest absolute Gasteiger partial charge is 0.336 e. The van der Waals surface area contributed by atoms with Crippen LogP contribution >= 0.6 is 0 Å². The van der Waals surface area contributed by atoms with Crippen molar-refractivity contribution in [2.45, 2.75) is 20.4 Å². The fourth-order valence-electron chi connectivity index (χ4n) is 3.51. The first kappa shape index (κ1) is 18.3. The van der Waals surface area contributed by atoms with E-state index in [0.29, 0.717) is 25.3 Å². The summed E-state index contributed by atoms with van der Waals surface area (Å²) in [6, 6.07) is 13.0. The zero-order valence-corrected chi connectivity index (χ0v) is 16.0. The number of rotatable bonds is 3. The van der Waals surface area contributed by atoms with Gasteiger partial charge in [0.1, 0.15) is 17.9 Å². The molecule has 0 bridgehead atoms. The van der Waals surface area contributed by atoms with Crippen LogP contribution in [-0.4, -0.2) is 30.5 Å². The second-order valence-electron chi connectivity index (χ2n) is 7.13. The molecule has 1 N–H and O–H groups in total. The molecular weight excluding hydrogens is 356 g/mol. The third-order valence-corrected chi connectivity index (χ3v) is 4.97. The van der Waals surface area contributed by atoms with Crippen molar-refractivity contribution < 1.29 is 13.9 Å². The summed E-state index contributed by atoms with van der Waals surface area (Å²) in [5.74, 6) is 0.796. The molecule has 0 fully saturated rings. The summed E-state index contributed by atoms with van der Waals surface area (Å²) in [5, 5.41) is 3.81. The second-order valence-corrected chi connectivity index (χ2v) is 7.13. The predicted octanol–water partition coefficient (Wildman–Crippen LogP) is 3.24. The van der Waals surface area contributed by atoms with Gasteiger partial charge in [0, 0.05) is 35.8 Å². The molecule has 0 radical (unpaired) electrons. The van der Waals surface area contributed by atoms with Gasteiger partial charge in [-0.25, -0.2) is 4.79 Å². The first-order valence-corrected chi connectivity index (χ1v) is 9.27. The Morgan fingerprint density at radius 2 is 1.96 bits per heavy atom. The monoisotopic (exact) mass is 378 g/mol. The maximum atomic E-state index is 12.7. The van der Waals surface area contributed by atoms with Crippen LogP contribution in [0.15, 0.2) is 51.7 Å². The summed E-state index contributed by atoms with van der Waals surface area (Å²) in [5.41, 5.74) is 3.63. The first-order valence-electron chi connectivity index (χ1n) is 9.27. The van der Waals surface area contributed by atoms with Crippen LogP contribution < -0.4 is 15.7 Å². The lowest BCUT2D eigenvalue weighted by atomic mass is 10.1. The average molecular weight is 378 g/mol. The molecule has 4 rings (SSSR count). The second kappa shape index (κ2) is 7.48. The van der Waals surface area contributed by atoms with Crippen LogP contribution in [0.5, 0.6) is 5.75 Å². The molecule has 28 heavy (non-hydrogen) atoms. The Kier molecular flexibility index (Phi) is 4.88. The van der Waals surface area contributed by atoms with E-state index >= 15 is 0 Å². The van der Waals surface area contributed by atoms with Crippen LogP contribution in [-0.2, 0) is 11.3 Å². The van der Waals surface area contributed by atoms with Crippen molar-refractivity contribution in [1.82, 2.24) is 4.90 Å². The van der Waals surface area contributed by atoms with Gasteiger partial charge in [-0.15, -0.1) is 0 Å². The molecule has 1 amide bonds. The van der Waals surface area contributed by atoms with Crippen LogP contribution in [0.4, 0.5) is 5.69 Å². The molecule has 0 spiro atoms. The van der Waals surface area contributed by atoms with Gasteiger partial charge in [-0.2, -0.15) is 0 Å². The topological polar surface area (TPSA) is 71.8 Å². The molecule has 1 aromatic heterocycles. The highest BCUT2D eigenvalue weighted by Gasteiger charge is 2.18. The Balaban J connectivity index is 1.51. The fraction of sp³-hybridized carbons (Fsp3) is 0.273. The van der Waals surface area contributed by atoms with Crippen LogP contribution in [0.3, 0.4) is 0 Å². The largest absolute Gasteiger partial charge is 0.492 e. The summed E-state index contributed by atoms with van der Waals surface area (Å²) in [6.45, 7) is 5.92. The van der Waals surface area contributed by atoms with Gasteiger partial charge in [-0.05, 0) is 43.2 Å². The summed E-state index contributed by atoms with van der Waals surface area (Å²) < 4.78 is 11.0. The zero-order valence-electron chi connectivity index (χ0n) is 16.0. The highest BCUT2D eigenvalue weighted by Crippen LogP contribution is 2.25. The molecule has 1 aliphatic heterocycles. The van der Waals surface area contributed by atoms with E-state index in [4.69, 9.17) is 9.15 Å². The number of hydrogen-bond donors (Lipinski definition) is 1. The number of anilines is 1. The molecule has 6 nitrogen and oxygen atoms in total. The standard InChI is InChI=1S/C22H22N2O4/c1-14-10-22(26)28-20-9-15(2)18(11-17(14)20)23-21(25)13-24-7-8-27-19-6-4-3-5-16(19)12-24/h3-6,9-11H,7-8,12-13H2,1-2H3,(H,23,25). The molecule has 0 saturated heterocycles. The van der Waals surface area contributed by atoms with E-state index in [2.05, 4.69) is 10.2 Å². The summed E-state index contributed by atoms with van der Waals surface area (Å²) in [7, 11) is 0. The Morgan fingerprint density at radius 1 is 1.14 bits per heavy atom. The highest BCUT2D eigenvalue weighted by molar-refractivity contribution is 5.96. The lowest BCUT2D eigenvalue weighted by Crippen LogP contribution is -2.34. The molecule has 2 aromatic carbocycles. The number of hydrogen-bond acceptors (Lipinski definition) is 5. The predicted molar refractivity (Wildman–Crippen MR) is 108 cm³/mol. The van der Waals surface area contributed by atoms with Crippen molar-refractivity contribution in [2.24, 2.45) is 0 Å². The minimum Gasteiger partial charge on any atom is -0.492 e. The number of carbonyl (C=O) groups is 1. The van der Waals surface area contributed by atoms with Gasteiger partial charge in [0.05, 0.1) is 6.54 Å². The van der Waals surface area contributed by atoms with Crippen molar-refractivity contribution in [3.05, 3.63) is 69.6 Å². The Morgan fingerprint density at radius 3 is 2.82 bits per heavy atom. The minimum absolute atomic E-state index is 0.0862. The molecule has 0 atom stereocenters. The van der Waals surface area contributed by atoms with Gasteiger partial charge in [0.15, 0.2) is 0 Å². The zero-order chi connectivity index (χ0) is 19.7. The Hall–Kier alpha value is -3.12. The minimum atomic E-state index is -0.371. The number of amides is 1. The number of ether oxygens (including phenoxy) is 1. The third-order valence-electron chi connectivity index (χ3n) is 4.97. The molecule has 6 heteroatoms. The van der Waals surface area contributed by atoms with E-state index in [9.17, 15) is 9.59 Å². The molecule has 2 heterocycles. The number of fused-ring (bicyclic) bond motifs is 2. The number of nitrogens with zero attached hydrogens (tertiary/aromatic N) is 1. The average Bonchev–Trinajstić information content (AvgIpc) is 2.84. The number of nitrogens with one attached hydrogen (secondary N) is 1. The van der Waals surface area contributed by atoms with Crippen molar-refractivity contribution >= 4 is 22.6 Å². The number of carbonyl (C=O) groups excluding carboxylic acids is 1. The van der Waals surface area contributed by atoms with Gasteiger partial charge in [-0.3, -0.25) is 9.69 Å². The van der Waals surface area contributed by atoms with E-state index in [1.54, 1.807) is 6.07 Å². The molecule has 0 saturated carbocycles. The molecule has 0 aliphatic carbocycles. The number of benzene rings is 2. The summed E-state index contributed by atoms with van der Waals surface area (Å²) in [4.78, 5) is 26.3. The van der Waals surface area contributed by atoms with Crippen LogP contribution in [0.2, 0.25) is 0 Å². The van der Waals surface area contributed by atoms with E-state index in [-0.39, 0.29) is 18.1 Å². The van der Waals surface area contributed by atoms with Crippen molar-refractivity contribution in [3.63, 3.8) is 0 Å². The molecule has 0 unspecified atom stereocenters. The third kappa shape index (κ3) is 3.77. The summed E-state index contributed by atoms with van der Waals surface area (Å²) in [6.07, 6.45) is 0. The maximum absolute atomic E-state index is 12.7. The van der Waals surface area contributed by atoms with Crippen LogP contribution in [0.1, 0.15) is 16.7 Å². The normalized spacial score (nSPS) is 14.2. The van der Waals surface area contributed by atoms with E-state index in [1.807, 2.05) is 44.2 Å². The quantitative estimate of drug-likeness (QED) is 0.709. The maximum Gasteiger partial charge on any atom is 0.336 e. The summed E-state index contributed by atoms with van der Waals surface area (Å²) >= 11 is 0. The highest BCUT2D eigenvalue weighted by atomic mass is 16.5. The van der Waals surface area contributed by atoms with Gasteiger partial charge < -0.3 is 14.5 Å². The van der Waals surface area contributed by atoms with Crippen molar-refractivity contribution in [3.8, 4) is 5.75 Å². The van der Waals surface area contributed by atoms with E-state index in [0.717, 1.165) is 33.5 Å². The SMILES string of the molecule is Cc1cc2oc(=O)cc(C)c2cc1NC(=O)CN1CCOc2ccccc2C1. The molecule has 144 valence electrons. The lowest BCUT2D eigenvalue weighted by molar-refractivity contribution is -0.117. The van der Waals surface area contributed by atoms with Gasteiger partial charge in [0.25, 0.3) is 0 Å². The molecule has 3 aromatic rings.